The van der Waals surface area contributed by atoms with Crippen LogP contribution in [-0.4, -0.2) is 35.0 Å². The van der Waals surface area contributed by atoms with E-state index in [2.05, 4.69) is 35.3 Å². The van der Waals surface area contributed by atoms with Crippen LogP contribution in [0.3, 0.4) is 0 Å². The topological polar surface area (TPSA) is 37.3 Å². The maximum Gasteiger partial charge on any atom is 0.236 e. The third-order valence-corrected chi connectivity index (χ3v) is 2.90. The van der Waals surface area contributed by atoms with E-state index in [4.69, 9.17) is 0 Å². The summed E-state index contributed by atoms with van der Waals surface area (Å²) in [6.45, 7) is 9.83. The largest absolute Gasteiger partial charge is 0.354 e. The molecule has 0 fully saturated rings. The molecule has 4 heteroatoms. The lowest BCUT2D eigenvalue weighted by atomic mass is 10.3. The van der Waals surface area contributed by atoms with Crippen molar-refractivity contribution in [1.82, 2.24) is 14.8 Å². The Morgan fingerprint density at radius 3 is 2.59 bits per heavy atom. The fourth-order valence-corrected chi connectivity index (χ4v) is 1.79. The Morgan fingerprint density at radius 2 is 2.06 bits per heavy atom. The molecule has 0 bridgehead atoms. The summed E-state index contributed by atoms with van der Waals surface area (Å²) in [4.78, 5) is 13.6. The molecule has 4 nitrogen and oxygen atoms in total. The Balaban J connectivity index is 2.29. The van der Waals surface area contributed by atoms with Crippen molar-refractivity contribution >= 4 is 5.91 Å². The minimum atomic E-state index is 0.171. The number of rotatable bonds is 7. The van der Waals surface area contributed by atoms with Crippen molar-refractivity contribution in [2.24, 2.45) is 0 Å². The highest BCUT2D eigenvalue weighted by molar-refractivity contribution is 5.78. The van der Waals surface area contributed by atoms with Crippen molar-refractivity contribution in [3.8, 4) is 0 Å². The minimum Gasteiger partial charge on any atom is -0.354 e. The molecule has 1 heterocycles. The predicted molar refractivity (Wildman–Crippen MR) is 69.7 cm³/mol. The van der Waals surface area contributed by atoms with Crippen LogP contribution in [-0.2, 0) is 17.9 Å². The summed E-state index contributed by atoms with van der Waals surface area (Å²) in [7, 11) is 0. The van der Waals surface area contributed by atoms with Crippen LogP contribution < -0.4 is 5.32 Å². The van der Waals surface area contributed by atoms with Crippen LogP contribution in [0.5, 0.6) is 0 Å². The highest BCUT2D eigenvalue weighted by Gasteiger charge is 2.08. The Hall–Kier alpha value is -1.29. The number of aryl methyl sites for hydroxylation is 1. The van der Waals surface area contributed by atoms with Gasteiger partial charge in [-0.05, 0) is 32.4 Å². The molecule has 1 amide bonds. The third kappa shape index (κ3) is 4.23. The lowest BCUT2D eigenvalue weighted by Gasteiger charge is -2.18. The van der Waals surface area contributed by atoms with E-state index in [1.165, 1.54) is 5.56 Å². The Bertz CT molecular complexity index is 342. The zero-order valence-electron chi connectivity index (χ0n) is 11.1. The SMILES string of the molecule is CCN(CC)C(=O)CNCc1ccn(CC)c1. The van der Waals surface area contributed by atoms with Crippen LogP contribution in [0.4, 0.5) is 0 Å². The van der Waals surface area contributed by atoms with Gasteiger partial charge in [0.2, 0.25) is 5.91 Å². The summed E-state index contributed by atoms with van der Waals surface area (Å²) < 4.78 is 2.13. The van der Waals surface area contributed by atoms with Gasteiger partial charge in [0, 0.05) is 38.6 Å². The summed E-state index contributed by atoms with van der Waals surface area (Å²) >= 11 is 0. The van der Waals surface area contributed by atoms with Gasteiger partial charge in [-0.15, -0.1) is 0 Å². The Labute approximate surface area is 104 Å². The van der Waals surface area contributed by atoms with Crippen molar-refractivity contribution in [2.75, 3.05) is 19.6 Å². The number of nitrogens with zero attached hydrogens (tertiary/aromatic N) is 2. The van der Waals surface area contributed by atoms with Gasteiger partial charge in [0.05, 0.1) is 6.54 Å². The number of carbonyl (C=O) groups excluding carboxylic acids is 1. The summed E-state index contributed by atoms with van der Waals surface area (Å²) in [5.74, 6) is 0.171. The van der Waals surface area contributed by atoms with Gasteiger partial charge in [-0.2, -0.15) is 0 Å². The van der Waals surface area contributed by atoms with Gasteiger partial charge in [-0.3, -0.25) is 4.79 Å². The maximum absolute atomic E-state index is 11.7. The summed E-state index contributed by atoms with van der Waals surface area (Å²) in [5.41, 5.74) is 1.22. The molecule has 17 heavy (non-hydrogen) atoms. The van der Waals surface area contributed by atoms with Crippen molar-refractivity contribution in [3.63, 3.8) is 0 Å². The van der Waals surface area contributed by atoms with Gasteiger partial charge >= 0.3 is 0 Å². The molecule has 1 N–H and O–H groups in total. The van der Waals surface area contributed by atoms with Gasteiger partial charge < -0.3 is 14.8 Å². The number of carbonyl (C=O) groups is 1. The number of amides is 1. The first kappa shape index (κ1) is 13.8. The molecule has 0 aliphatic carbocycles. The number of hydrogen-bond acceptors (Lipinski definition) is 2. The first-order valence-corrected chi connectivity index (χ1v) is 6.34. The molecule has 1 aromatic rings. The van der Waals surface area contributed by atoms with E-state index < -0.39 is 0 Å². The van der Waals surface area contributed by atoms with Crippen LogP contribution in [0.25, 0.3) is 0 Å². The van der Waals surface area contributed by atoms with Crippen LogP contribution in [0.15, 0.2) is 18.5 Å². The molecule has 0 saturated carbocycles. The molecule has 0 saturated heterocycles. The molecule has 0 spiro atoms. The molecule has 1 aromatic heterocycles. The third-order valence-electron chi connectivity index (χ3n) is 2.90. The Kier molecular flexibility index (Phi) is 5.77. The van der Waals surface area contributed by atoms with E-state index in [0.717, 1.165) is 26.2 Å². The summed E-state index contributed by atoms with van der Waals surface area (Å²) in [5, 5.41) is 3.18. The van der Waals surface area contributed by atoms with E-state index in [1.807, 2.05) is 18.7 Å². The quantitative estimate of drug-likeness (QED) is 0.779. The molecular formula is C13H23N3O. The maximum atomic E-state index is 11.7. The van der Waals surface area contributed by atoms with E-state index in [9.17, 15) is 4.79 Å². The second-order valence-corrected chi connectivity index (χ2v) is 4.02. The van der Waals surface area contributed by atoms with Crippen molar-refractivity contribution < 1.29 is 4.79 Å². The standard InChI is InChI=1S/C13H23N3O/c1-4-15-8-7-12(11-15)9-14-10-13(17)16(5-2)6-3/h7-8,11,14H,4-6,9-10H2,1-3H3. The van der Waals surface area contributed by atoms with E-state index in [1.54, 1.807) is 0 Å². The van der Waals surface area contributed by atoms with Gasteiger partial charge in [-0.1, -0.05) is 0 Å². The van der Waals surface area contributed by atoms with Crippen LogP contribution >= 0.6 is 0 Å². The molecule has 0 aliphatic rings. The zero-order valence-corrected chi connectivity index (χ0v) is 11.1. The van der Waals surface area contributed by atoms with Crippen LogP contribution in [0.2, 0.25) is 0 Å². The average Bonchev–Trinajstić information content (AvgIpc) is 2.78. The molecule has 1 rings (SSSR count). The van der Waals surface area contributed by atoms with Crippen LogP contribution in [0, 0.1) is 0 Å². The van der Waals surface area contributed by atoms with E-state index >= 15 is 0 Å². The molecular weight excluding hydrogens is 214 g/mol. The highest BCUT2D eigenvalue weighted by Crippen LogP contribution is 2.00. The minimum absolute atomic E-state index is 0.171. The predicted octanol–water partition coefficient (Wildman–Crippen LogP) is 1.47. The lowest BCUT2D eigenvalue weighted by Crippen LogP contribution is -2.37. The van der Waals surface area contributed by atoms with Gasteiger partial charge in [0.1, 0.15) is 0 Å². The molecule has 96 valence electrons. The van der Waals surface area contributed by atoms with Crippen molar-refractivity contribution in [3.05, 3.63) is 24.0 Å². The molecule has 0 unspecified atom stereocenters. The zero-order chi connectivity index (χ0) is 12.7. The molecule has 0 aromatic carbocycles. The number of hydrogen-bond donors (Lipinski definition) is 1. The fourth-order valence-electron chi connectivity index (χ4n) is 1.79. The average molecular weight is 237 g/mol. The summed E-state index contributed by atoms with van der Waals surface area (Å²) in [6.07, 6.45) is 4.16. The lowest BCUT2D eigenvalue weighted by molar-refractivity contribution is -0.129. The van der Waals surface area contributed by atoms with E-state index in [0.29, 0.717) is 6.54 Å². The highest BCUT2D eigenvalue weighted by atomic mass is 16.2. The monoisotopic (exact) mass is 237 g/mol. The smallest absolute Gasteiger partial charge is 0.236 e. The van der Waals surface area contributed by atoms with Crippen LogP contribution in [0.1, 0.15) is 26.3 Å². The number of nitrogens with one attached hydrogen (secondary N) is 1. The van der Waals surface area contributed by atoms with Crippen molar-refractivity contribution in [2.45, 2.75) is 33.9 Å². The van der Waals surface area contributed by atoms with Crippen molar-refractivity contribution in [1.29, 1.82) is 0 Å². The van der Waals surface area contributed by atoms with Gasteiger partial charge in [0.25, 0.3) is 0 Å². The first-order chi connectivity index (χ1) is 8.21. The van der Waals surface area contributed by atoms with Gasteiger partial charge in [0.15, 0.2) is 0 Å². The normalized spacial score (nSPS) is 10.5. The molecule has 0 atom stereocenters. The second-order valence-electron chi connectivity index (χ2n) is 4.02. The number of likely N-dealkylation sites (N-methyl/N-ethyl adjacent to an activating group) is 1. The first-order valence-electron chi connectivity index (χ1n) is 6.34. The fraction of sp³-hybridized carbons (Fsp3) is 0.615. The van der Waals surface area contributed by atoms with E-state index in [-0.39, 0.29) is 5.91 Å². The Morgan fingerprint density at radius 1 is 1.35 bits per heavy atom. The second kappa shape index (κ2) is 7.12. The molecule has 0 radical (unpaired) electrons. The molecule has 0 aliphatic heterocycles. The number of aromatic nitrogens is 1. The summed E-state index contributed by atoms with van der Waals surface area (Å²) in [6, 6.07) is 2.08. The van der Waals surface area contributed by atoms with Gasteiger partial charge in [-0.25, -0.2) is 0 Å².